The number of ketones is 1. The zero-order chi connectivity index (χ0) is 23.8. The zero-order valence-electron chi connectivity index (χ0n) is 22.3. The van der Waals surface area contributed by atoms with Crippen molar-refractivity contribution in [3.8, 4) is 0 Å². The van der Waals surface area contributed by atoms with Crippen LogP contribution in [-0.4, -0.2) is 17.7 Å². The summed E-state index contributed by atoms with van der Waals surface area (Å²) in [5, 5.41) is 3.57. The maximum atomic E-state index is 13.4. The maximum Gasteiger partial charge on any atom is 0.226 e. The maximum absolute atomic E-state index is 13.4. The number of amides is 1. The van der Waals surface area contributed by atoms with Crippen molar-refractivity contribution in [3.63, 3.8) is 0 Å². The minimum Gasteiger partial charge on any atom is -0.352 e. The number of fused-ring (bicyclic) bond motifs is 5. The van der Waals surface area contributed by atoms with E-state index in [9.17, 15) is 9.59 Å². The summed E-state index contributed by atoms with van der Waals surface area (Å²) >= 11 is 0. The number of Topliss-reactive ketones (excluding diaryl/α,β-unsaturated/α-hetero) is 1. The summed E-state index contributed by atoms with van der Waals surface area (Å²) in [5.41, 5.74) is 0.810. The third kappa shape index (κ3) is 2.39. The van der Waals surface area contributed by atoms with E-state index in [1.54, 1.807) is 0 Å². The molecule has 0 aromatic rings. The Kier molecular flexibility index (Phi) is 4.30. The molecule has 2 bridgehead atoms. The Balaban J connectivity index is 1.42. The highest BCUT2D eigenvalue weighted by atomic mass is 16.2. The molecule has 1 aliphatic heterocycles. The Bertz CT molecular complexity index is 920. The minimum atomic E-state index is -0.175. The van der Waals surface area contributed by atoms with Gasteiger partial charge >= 0.3 is 0 Å². The molecule has 6 fully saturated rings. The summed E-state index contributed by atoms with van der Waals surface area (Å²) in [6.07, 6.45) is 11.5. The molecule has 3 nitrogen and oxygen atoms in total. The van der Waals surface area contributed by atoms with Crippen LogP contribution in [0.5, 0.6) is 0 Å². The summed E-state index contributed by atoms with van der Waals surface area (Å²) in [4.78, 5) is 26.4. The molecule has 0 aromatic carbocycles. The highest BCUT2D eigenvalue weighted by Crippen LogP contribution is 2.77. The van der Waals surface area contributed by atoms with Crippen molar-refractivity contribution in [1.29, 1.82) is 0 Å². The van der Waals surface area contributed by atoms with Crippen molar-refractivity contribution in [2.45, 2.75) is 119 Å². The Morgan fingerprint density at radius 3 is 2.15 bits per heavy atom. The van der Waals surface area contributed by atoms with E-state index >= 15 is 0 Å². The molecule has 6 rings (SSSR count). The molecule has 1 heterocycles. The normalized spacial score (nSPS) is 56.2. The van der Waals surface area contributed by atoms with Crippen LogP contribution in [0.25, 0.3) is 0 Å². The van der Waals surface area contributed by atoms with Gasteiger partial charge in [-0.2, -0.15) is 0 Å². The van der Waals surface area contributed by atoms with Crippen molar-refractivity contribution in [2.24, 2.45) is 56.2 Å². The summed E-state index contributed by atoms with van der Waals surface area (Å²) in [7, 11) is 0. The van der Waals surface area contributed by atoms with Crippen LogP contribution in [0.2, 0.25) is 0 Å². The molecule has 0 radical (unpaired) electrons. The van der Waals surface area contributed by atoms with E-state index in [1.165, 1.54) is 38.5 Å². The van der Waals surface area contributed by atoms with Gasteiger partial charge in [-0.05, 0) is 103 Å². The molecule has 5 saturated carbocycles. The van der Waals surface area contributed by atoms with Crippen molar-refractivity contribution in [1.82, 2.24) is 5.32 Å². The van der Waals surface area contributed by atoms with E-state index in [2.05, 4.69) is 53.8 Å². The molecule has 9 atom stereocenters. The van der Waals surface area contributed by atoms with Gasteiger partial charge in [0.25, 0.3) is 0 Å². The van der Waals surface area contributed by atoms with E-state index in [0.717, 1.165) is 25.7 Å². The molecule has 1 amide bonds. The van der Waals surface area contributed by atoms with Gasteiger partial charge in [0.15, 0.2) is 0 Å². The third-order valence-electron chi connectivity index (χ3n) is 14.0. The monoisotopic (exact) mass is 453 g/mol. The van der Waals surface area contributed by atoms with E-state index in [0.29, 0.717) is 52.2 Å². The van der Waals surface area contributed by atoms with Crippen molar-refractivity contribution in [2.75, 3.05) is 0 Å². The second-order valence-corrected chi connectivity index (χ2v) is 15.4. The lowest BCUT2D eigenvalue weighted by Crippen LogP contribution is -2.67. The molecule has 0 aromatic heterocycles. The van der Waals surface area contributed by atoms with Gasteiger partial charge in [0.1, 0.15) is 5.78 Å². The summed E-state index contributed by atoms with van der Waals surface area (Å²) < 4.78 is 0. The van der Waals surface area contributed by atoms with E-state index < -0.39 is 0 Å². The Hall–Kier alpha value is -0.860. The SMILES string of the molecule is CC1(C)CC[C@]23CC[C@]4(C)[C@H](CC[C@@H]5[C@@]6(C)CCC(=O)C(C)(C)[C@@H]6CC[C@]54C)[C@H]2[C@H]1NC3=O. The smallest absolute Gasteiger partial charge is 0.226 e. The quantitative estimate of drug-likeness (QED) is 0.452. The number of hydrogen-bond acceptors (Lipinski definition) is 2. The Labute approximate surface area is 201 Å². The number of rotatable bonds is 0. The summed E-state index contributed by atoms with van der Waals surface area (Å²) in [6.45, 7) is 17.2. The van der Waals surface area contributed by atoms with Gasteiger partial charge in [-0.1, -0.05) is 48.5 Å². The number of carbonyl (C=O) groups excluding carboxylic acids is 2. The van der Waals surface area contributed by atoms with Gasteiger partial charge in [0.05, 0.1) is 5.41 Å². The largest absolute Gasteiger partial charge is 0.352 e. The molecule has 6 aliphatic rings. The fourth-order valence-corrected chi connectivity index (χ4v) is 11.8. The Morgan fingerprint density at radius 1 is 0.727 bits per heavy atom. The van der Waals surface area contributed by atoms with Gasteiger partial charge < -0.3 is 5.32 Å². The molecule has 184 valence electrons. The van der Waals surface area contributed by atoms with Crippen LogP contribution < -0.4 is 5.32 Å². The zero-order valence-corrected chi connectivity index (χ0v) is 22.3. The predicted octanol–water partition coefficient (Wildman–Crippen LogP) is 6.55. The Morgan fingerprint density at radius 2 is 1.42 bits per heavy atom. The van der Waals surface area contributed by atoms with Gasteiger partial charge in [-0.25, -0.2) is 0 Å². The van der Waals surface area contributed by atoms with Crippen LogP contribution in [0.1, 0.15) is 113 Å². The minimum absolute atomic E-state index is 0.0894. The van der Waals surface area contributed by atoms with E-state index in [4.69, 9.17) is 0 Å². The van der Waals surface area contributed by atoms with Crippen molar-refractivity contribution >= 4 is 11.7 Å². The van der Waals surface area contributed by atoms with Crippen LogP contribution in [0.15, 0.2) is 0 Å². The molecular weight excluding hydrogens is 406 g/mol. The first-order chi connectivity index (χ1) is 15.2. The summed E-state index contributed by atoms with van der Waals surface area (Å²) in [5.74, 6) is 3.27. The average molecular weight is 454 g/mol. The van der Waals surface area contributed by atoms with Crippen molar-refractivity contribution in [3.05, 3.63) is 0 Å². The molecule has 1 N–H and O–H groups in total. The lowest BCUT2D eigenvalue weighted by atomic mass is 9.31. The first-order valence-corrected chi connectivity index (χ1v) is 14.1. The molecule has 3 heteroatoms. The first kappa shape index (κ1) is 22.6. The molecule has 1 saturated heterocycles. The van der Waals surface area contributed by atoms with E-state index in [1.807, 2.05) is 0 Å². The second-order valence-electron chi connectivity index (χ2n) is 15.4. The van der Waals surface area contributed by atoms with Crippen LogP contribution in [-0.2, 0) is 9.59 Å². The predicted molar refractivity (Wildman–Crippen MR) is 131 cm³/mol. The van der Waals surface area contributed by atoms with Crippen LogP contribution in [0.4, 0.5) is 0 Å². The van der Waals surface area contributed by atoms with Gasteiger partial charge in [0, 0.05) is 17.9 Å². The second kappa shape index (κ2) is 6.28. The van der Waals surface area contributed by atoms with Gasteiger partial charge in [-0.15, -0.1) is 0 Å². The molecule has 0 unspecified atom stereocenters. The molecule has 5 aliphatic carbocycles. The average Bonchev–Trinajstić information content (AvgIpc) is 2.99. The number of nitrogens with one attached hydrogen (secondary N) is 1. The number of hydrogen-bond donors (Lipinski definition) is 1. The fourth-order valence-electron chi connectivity index (χ4n) is 11.8. The van der Waals surface area contributed by atoms with E-state index in [-0.39, 0.29) is 21.7 Å². The molecular formula is C30H47NO2. The lowest BCUT2D eigenvalue weighted by Gasteiger charge is -2.72. The van der Waals surface area contributed by atoms with Crippen LogP contribution >= 0.6 is 0 Å². The lowest BCUT2D eigenvalue weighted by molar-refractivity contribution is -0.237. The number of carbonyl (C=O) groups is 2. The van der Waals surface area contributed by atoms with Gasteiger partial charge in [-0.3, -0.25) is 9.59 Å². The molecule has 33 heavy (non-hydrogen) atoms. The highest BCUT2D eigenvalue weighted by Gasteiger charge is 2.74. The topological polar surface area (TPSA) is 46.2 Å². The van der Waals surface area contributed by atoms with Crippen molar-refractivity contribution < 1.29 is 9.59 Å². The van der Waals surface area contributed by atoms with Gasteiger partial charge in [0.2, 0.25) is 5.91 Å². The fraction of sp³-hybridized carbons (Fsp3) is 0.933. The van der Waals surface area contributed by atoms with Crippen LogP contribution in [0, 0.1) is 56.2 Å². The summed E-state index contributed by atoms with van der Waals surface area (Å²) in [6, 6.07) is 0.349. The third-order valence-corrected chi connectivity index (χ3v) is 14.0. The van der Waals surface area contributed by atoms with Crippen LogP contribution in [0.3, 0.4) is 0 Å². The standard InChI is InChI=1S/C30H47NO2/c1-25(2)14-16-30-17-15-28(6)18(22(30)23(25)31-24(30)33)8-9-20-27(5)12-11-21(32)26(3,4)19(27)10-13-29(20,28)7/h18-20,22-23H,8-17H2,1-7H3,(H,31,33)/t18-,19+,20-,22+,23-,27+,28-,29-,30+/m1/s1. The first-order valence-electron chi connectivity index (χ1n) is 14.1. The highest BCUT2D eigenvalue weighted by molar-refractivity contribution is 5.87. The molecule has 0 spiro atoms.